The fraction of sp³-hybridized carbons (Fsp3) is 0.231. The van der Waals surface area contributed by atoms with E-state index in [1.807, 2.05) is 12.1 Å². The smallest absolute Gasteiger partial charge is 0.270 e. The highest BCUT2D eigenvalue weighted by atomic mass is 16.6. The number of hydrogen-bond acceptors (Lipinski definition) is 4. The lowest BCUT2D eigenvalue weighted by molar-refractivity contribution is -0.384. The quantitative estimate of drug-likeness (QED) is 0.339. The van der Waals surface area contributed by atoms with Gasteiger partial charge in [-0.2, -0.15) is 5.10 Å². The molecule has 6 nitrogen and oxygen atoms in total. The molecule has 162 valence electrons. The van der Waals surface area contributed by atoms with Gasteiger partial charge in [0.2, 0.25) is 5.91 Å². The molecule has 4 rings (SSSR count). The Labute approximate surface area is 187 Å². The van der Waals surface area contributed by atoms with E-state index in [0.717, 1.165) is 22.3 Å². The van der Waals surface area contributed by atoms with E-state index in [9.17, 15) is 14.9 Å². The molecule has 1 N–H and O–H groups in total. The SMILES string of the molecule is C/C(=N/NC(=O)C1CC1(c1cccc(C)c1)c1cccc(C)c1)c1cccc([N+](=O)[O-])c1. The maximum atomic E-state index is 13.1. The fourth-order valence-corrected chi connectivity index (χ4v) is 4.36. The van der Waals surface area contributed by atoms with Crippen LogP contribution in [0.15, 0.2) is 77.9 Å². The Kier molecular flexibility index (Phi) is 5.61. The molecular formula is C26H25N3O3. The number of carbonyl (C=O) groups is 1. The topological polar surface area (TPSA) is 84.6 Å². The number of hydrazone groups is 1. The van der Waals surface area contributed by atoms with E-state index in [1.54, 1.807) is 19.1 Å². The first-order valence-electron chi connectivity index (χ1n) is 10.5. The first-order valence-corrected chi connectivity index (χ1v) is 10.5. The van der Waals surface area contributed by atoms with E-state index >= 15 is 0 Å². The predicted octanol–water partition coefficient (Wildman–Crippen LogP) is 5.06. The van der Waals surface area contributed by atoms with Crippen molar-refractivity contribution in [2.75, 3.05) is 0 Å². The summed E-state index contributed by atoms with van der Waals surface area (Å²) in [5, 5.41) is 15.3. The van der Waals surface area contributed by atoms with Gasteiger partial charge >= 0.3 is 0 Å². The van der Waals surface area contributed by atoms with Crippen LogP contribution < -0.4 is 5.43 Å². The van der Waals surface area contributed by atoms with E-state index in [1.165, 1.54) is 12.1 Å². The number of nitrogens with one attached hydrogen (secondary N) is 1. The Bertz CT molecular complexity index is 1190. The van der Waals surface area contributed by atoms with Crippen molar-refractivity contribution in [2.45, 2.75) is 32.6 Å². The Morgan fingerprint density at radius 3 is 2.16 bits per heavy atom. The van der Waals surface area contributed by atoms with Crippen LogP contribution in [0.2, 0.25) is 0 Å². The van der Waals surface area contributed by atoms with Crippen LogP contribution in [0.25, 0.3) is 0 Å². The Balaban J connectivity index is 1.60. The summed E-state index contributed by atoms with van der Waals surface area (Å²) in [6.07, 6.45) is 0.705. The molecular weight excluding hydrogens is 402 g/mol. The standard InChI is InChI=1S/C26H25N3O3/c1-17-7-4-10-21(13-17)26(22-11-5-8-18(2)14-22)16-24(26)25(30)28-27-19(3)20-9-6-12-23(15-20)29(31)32/h4-15,24H,16H2,1-3H3,(H,28,30)/b27-19-. The number of nitro groups is 1. The van der Waals surface area contributed by atoms with E-state index in [2.05, 4.69) is 60.8 Å². The number of carbonyl (C=O) groups excluding carboxylic acids is 1. The van der Waals surface area contributed by atoms with Crippen molar-refractivity contribution in [1.29, 1.82) is 0 Å². The van der Waals surface area contributed by atoms with Crippen molar-refractivity contribution in [2.24, 2.45) is 11.0 Å². The Morgan fingerprint density at radius 2 is 1.59 bits per heavy atom. The maximum absolute atomic E-state index is 13.1. The zero-order chi connectivity index (χ0) is 22.9. The van der Waals surface area contributed by atoms with Crippen LogP contribution in [0.3, 0.4) is 0 Å². The summed E-state index contributed by atoms with van der Waals surface area (Å²) in [6.45, 7) is 5.83. The van der Waals surface area contributed by atoms with Gasteiger partial charge in [0.15, 0.2) is 0 Å². The van der Waals surface area contributed by atoms with Crippen molar-refractivity contribution < 1.29 is 9.72 Å². The molecule has 1 aliphatic rings. The average Bonchev–Trinajstić information content (AvgIpc) is 3.54. The Morgan fingerprint density at radius 1 is 1.00 bits per heavy atom. The predicted molar refractivity (Wildman–Crippen MR) is 125 cm³/mol. The lowest BCUT2D eigenvalue weighted by Gasteiger charge is -2.20. The first-order chi connectivity index (χ1) is 15.3. The molecule has 1 fully saturated rings. The number of aryl methyl sites for hydroxylation is 2. The largest absolute Gasteiger partial charge is 0.273 e. The summed E-state index contributed by atoms with van der Waals surface area (Å²) >= 11 is 0. The van der Waals surface area contributed by atoms with Gasteiger partial charge in [0, 0.05) is 23.1 Å². The van der Waals surface area contributed by atoms with Gasteiger partial charge in [-0.3, -0.25) is 14.9 Å². The van der Waals surface area contributed by atoms with Crippen LogP contribution in [-0.2, 0) is 10.2 Å². The molecule has 1 aliphatic carbocycles. The van der Waals surface area contributed by atoms with Crippen LogP contribution in [0, 0.1) is 29.9 Å². The molecule has 3 aromatic rings. The fourth-order valence-electron chi connectivity index (χ4n) is 4.36. The minimum atomic E-state index is -0.447. The molecule has 1 atom stereocenters. The number of nitrogens with zero attached hydrogens (tertiary/aromatic N) is 2. The lowest BCUT2D eigenvalue weighted by atomic mass is 9.84. The van der Waals surface area contributed by atoms with Crippen molar-refractivity contribution in [3.05, 3.63) is 111 Å². The molecule has 0 radical (unpaired) electrons. The zero-order valence-corrected chi connectivity index (χ0v) is 18.3. The van der Waals surface area contributed by atoms with Crippen molar-refractivity contribution in [1.82, 2.24) is 5.43 Å². The monoisotopic (exact) mass is 427 g/mol. The summed E-state index contributed by atoms with van der Waals surface area (Å²) < 4.78 is 0. The maximum Gasteiger partial charge on any atom is 0.270 e. The zero-order valence-electron chi connectivity index (χ0n) is 18.3. The van der Waals surface area contributed by atoms with Crippen LogP contribution in [0.4, 0.5) is 5.69 Å². The second-order valence-electron chi connectivity index (χ2n) is 8.45. The summed E-state index contributed by atoms with van der Waals surface area (Å²) in [7, 11) is 0. The number of non-ortho nitro benzene ring substituents is 1. The van der Waals surface area contributed by atoms with E-state index in [-0.39, 0.29) is 22.9 Å². The summed E-state index contributed by atoms with van der Waals surface area (Å²) in [5.74, 6) is -0.398. The Hall–Kier alpha value is -3.80. The van der Waals surface area contributed by atoms with Crippen LogP contribution in [0.5, 0.6) is 0 Å². The molecule has 0 bridgehead atoms. The van der Waals surface area contributed by atoms with Gasteiger partial charge in [0.25, 0.3) is 5.69 Å². The van der Waals surface area contributed by atoms with Crippen LogP contribution >= 0.6 is 0 Å². The van der Waals surface area contributed by atoms with Crippen LogP contribution in [0.1, 0.15) is 41.2 Å². The van der Waals surface area contributed by atoms with Gasteiger partial charge in [-0.15, -0.1) is 0 Å². The van der Waals surface area contributed by atoms with Gasteiger partial charge < -0.3 is 0 Å². The second kappa shape index (κ2) is 8.38. The molecule has 0 heterocycles. The summed E-state index contributed by atoms with van der Waals surface area (Å²) in [4.78, 5) is 23.7. The van der Waals surface area contributed by atoms with E-state index in [0.29, 0.717) is 17.7 Å². The molecule has 1 saturated carbocycles. The minimum absolute atomic E-state index is 0.0107. The second-order valence-corrected chi connectivity index (χ2v) is 8.45. The number of hydrogen-bond donors (Lipinski definition) is 1. The van der Waals surface area contributed by atoms with Crippen LogP contribution in [-0.4, -0.2) is 16.5 Å². The van der Waals surface area contributed by atoms with Crippen molar-refractivity contribution in [3.63, 3.8) is 0 Å². The molecule has 1 unspecified atom stereocenters. The summed E-state index contributed by atoms with van der Waals surface area (Å²) in [6, 6.07) is 22.8. The number of nitro benzene ring substituents is 1. The van der Waals surface area contributed by atoms with Gasteiger partial charge in [-0.1, -0.05) is 71.8 Å². The highest BCUT2D eigenvalue weighted by Crippen LogP contribution is 2.59. The molecule has 1 amide bonds. The highest BCUT2D eigenvalue weighted by Gasteiger charge is 2.60. The third-order valence-electron chi connectivity index (χ3n) is 6.15. The molecule has 0 saturated heterocycles. The molecule has 3 aromatic carbocycles. The number of rotatable bonds is 6. The normalized spacial score (nSPS) is 17.0. The number of benzene rings is 3. The minimum Gasteiger partial charge on any atom is -0.273 e. The summed E-state index contributed by atoms with van der Waals surface area (Å²) in [5.41, 5.74) is 7.98. The van der Waals surface area contributed by atoms with E-state index in [4.69, 9.17) is 0 Å². The van der Waals surface area contributed by atoms with Gasteiger partial charge in [-0.25, -0.2) is 5.43 Å². The lowest BCUT2D eigenvalue weighted by Crippen LogP contribution is -2.26. The third kappa shape index (κ3) is 4.04. The first kappa shape index (κ1) is 21.4. The van der Waals surface area contributed by atoms with Crippen molar-refractivity contribution >= 4 is 17.3 Å². The van der Waals surface area contributed by atoms with Gasteiger partial charge in [-0.05, 0) is 38.3 Å². The molecule has 32 heavy (non-hydrogen) atoms. The highest BCUT2D eigenvalue weighted by molar-refractivity contribution is 6.00. The number of amides is 1. The molecule has 0 aliphatic heterocycles. The van der Waals surface area contributed by atoms with E-state index < -0.39 is 4.92 Å². The van der Waals surface area contributed by atoms with Gasteiger partial charge in [0.05, 0.1) is 16.6 Å². The molecule has 0 aromatic heterocycles. The molecule has 0 spiro atoms. The molecule has 6 heteroatoms. The van der Waals surface area contributed by atoms with Crippen molar-refractivity contribution in [3.8, 4) is 0 Å². The third-order valence-corrected chi connectivity index (χ3v) is 6.15. The van der Waals surface area contributed by atoms with Gasteiger partial charge in [0.1, 0.15) is 0 Å². The average molecular weight is 428 g/mol.